The molecule has 1 amide bonds. The Morgan fingerprint density at radius 1 is 1.00 bits per heavy atom. The Kier molecular flexibility index (Phi) is 5.80. The molecular formula is C19H21N3O4. The van der Waals surface area contributed by atoms with Crippen molar-refractivity contribution in [1.29, 1.82) is 0 Å². The summed E-state index contributed by atoms with van der Waals surface area (Å²) in [7, 11) is 0. The maximum absolute atomic E-state index is 12.3. The number of hydrogen-bond donors (Lipinski definition) is 0. The lowest BCUT2D eigenvalue weighted by Crippen LogP contribution is -2.36. The van der Waals surface area contributed by atoms with Crippen LogP contribution in [-0.2, 0) is 6.54 Å². The number of carbonyl (C=O) groups is 1. The molecule has 0 atom stereocenters. The topological polar surface area (TPSA) is 75.9 Å². The molecule has 0 unspecified atom stereocenters. The molecule has 0 bridgehead atoms. The van der Waals surface area contributed by atoms with Crippen molar-refractivity contribution >= 4 is 11.8 Å². The molecule has 1 aliphatic heterocycles. The zero-order valence-electron chi connectivity index (χ0n) is 14.4. The van der Waals surface area contributed by atoms with Crippen LogP contribution in [0.25, 0.3) is 0 Å². The van der Waals surface area contributed by atoms with Crippen LogP contribution in [0.1, 0.15) is 12.0 Å². The molecule has 0 aromatic heterocycles. The Balaban J connectivity index is 1.53. The van der Waals surface area contributed by atoms with Crippen LogP contribution in [0.3, 0.4) is 0 Å². The largest absolute Gasteiger partial charge is 0.415 e. The first kappa shape index (κ1) is 17.9. The van der Waals surface area contributed by atoms with Crippen molar-refractivity contribution in [1.82, 2.24) is 9.80 Å². The fraction of sp³-hybridized carbons (Fsp3) is 0.316. The van der Waals surface area contributed by atoms with Crippen LogP contribution in [0.15, 0.2) is 54.6 Å². The summed E-state index contributed by atoms with van der Waals surface area (Å²) in [5.74, 6) is 0.546. The van der Waals surface area contributed by atoms with Gasteiger partial charge in [0, 0.05) is 44.9 Å². The van der Waals surface area contributed by atoms with E-state index in [0.717, 1.165) is 25.1 Å². The van der Waals surface area contributed by atoms with Gasteiger partial charge in [-0.1, -0.05) is 30.3 Å². The molecular weight excluding hydrogens is 334 g/mol. The van der Waals surface area contributed by atoms with E-state index in [2.05, 4.69) is 4.90 Å². The number of benzene rings is 2. The number of carbonyl (C=O) groups excluding carboxylic acids is 1. The van der Waals surface area contributed by atoms with E-state index in [-0.39, 0.29) is 11.8 Å². The third-order valence-electron chi connectivity index (χ3n) is 4.35. The normalized spacial score (nSPS) is 15.3. The van der Waals surface area contributed by atoms with Crippen molar-refractivity contribution in [3.8, 4) is 5.75 Å². The Hall–Kier alpha value is -2.93. The SMILES string of the molecule is O=C(Oc1ccccc1)N1CCCN(Cc2ccc([N+](=O)[O-])cc2)CC1. The summed E-state index contributed by atoms with van der Waals surface area (Å²) in [6.45, 7) is 3.56. The maximum Gasteiger partial charge on any atom is 0.415 e. The van der Waals surface area contributed by atoms with Crippen molar-refractivity contribution in [3.05, 3.63) is 70.3 Å². The first-order valence-corrected chi connectivity index (χ1v) is 8.59. The molecule has 0 aliphatic carbocycles. The molecule has 3 rings (SSSR count). The van der Waals surface area contributed by atoms with Crippen LogP contribution < -0.4 is 4.74 Å². The third kappa shape index (κ3) is 4.80. The van der Waals surface area contributed by atoms with Crippen LogP contribution in [-0.4, -0.2) is 47.0 Å². The molecule has 0 N–H and O–H groups in total. The average Bonchev–Trinajstić information content (AvgIpc) is 2.89. The summed E-state index contributed by atoms with van der Waals surface area (Å²) < 4.78 is 5.40. The number of nitro benzene ring substituents is 1. The highest BCUT2D eigenvalue weighted by atomic mass is 16.6. The fourth-order valence-corrected chi connectivity index (χ4v) is 2.95. The van der Waals surface area contributed by atoms with E-state index in [1.165, 1.54) is 12.1 Å². The van der Waals surface area contributed by atoms with E-state index < -0.39 is 4.92 Å². The standard InChI is InChI=1S/C19H21N3O4/c23-19(26-18-5-2-1-3-6-18)21-12-4-11-20(13-14-21)15-16-7-9-17(10-8-16)22(24)25/h1-3,5-10H,4,11-15H2. The Morgan fingerprint density at radius 3 is 2.42 bits per heavy atom. The van der Waals surface area contributed by atoms with Crippen molar-refractivity contribution in [2.45, 2.75) is 13.0 Å². The van der Waals surface area contributed by atoms with Gasteiger partial charge in [0.2, 0.25) is 0 Å². The smallest absolute Gasteiger partial charge is 0.410 e. The number of nitro groups is 1. The molecule has 0 saturated carbocycles. The molecule has 2 aromatic rings. The molecule has 7 nitrogen and oxygen atoms in total. The van der Waals surface area contributed by atoms with Gasteiger partial charge in [0.05, 0.1) is 4.92 Å². The van der Waals surface area contributed by atoms with E-state index in [4.69, 9.17) is 4.74 Å². The van der Waals surface area contributed by atoms with Gasteiger partial charge in [0.1, 0.15) is 5.75 Å². The van der Waals surface area contributed by atoms with Gasteiger partial charge in [0.15, 0.2) is 0 Å². The highest BCUT2D eigenvalue weighted by molar-refractivity contribution is 5.70. The lowest BCUT2D eigenvalue weighted by Gasteiger charge is -2.21. The van der Waals surface area contributed by atoms with Crippen LogP contribution >= 0.6 is 0 Å². The molecule has 1 heterocycles. The van der Waals surface area contributed by atoms with Gasteiger partial charge >= 0.3 is 6.09 Å². The van der Waals surface area contributed by atoms with Crippen molar-refractivity contribution < 1.29 is 14.5 Å². The van der Waals surface area contributed by atoms with Crippen LogP contribution in [0.5, 0.6) is 5.75 Å². The molecule has 1 aliphatic rings. The van der Waals surface area contributed by atoms with E-state index in [1.807, 2.05) is 18.2 Å². The van der Waals surface area contributed by atoms with E-state index in [1.54, 1.807) is 29.2 Å². The number of non-ortho nitro benzene ring substituents is 1. The molecule has 2 aromatic carbocycles. The van der Waals surface area contributed by atoms with Gasteiger partial charge < -0.3 is 9.64 Å². The van der Waals surface area contributed by atoms with Crippen molar-refractivity contribution in [2.24, 2.45) is 0 Å². The van der Waals surface area contributed by atoms with Gasteiger partial charge in [-0.05, 0) is 24.1 Å². The van der Waals surface area contributed by atoms with E-state index in [9.17, 15) is 14.9 Å². The monoisotopic (exact) mass is 355 g/mol. The molecule has 0 radical (unpaired) electrons. The Labute approximate surface area is 151 Å². The predicted octanol–water partition coefficient (Wildman–Crippen LogP) is 3.30. The number of amides is 1. The lowest BCUT2D eigenvalue weighted by molar-refractivity contribution is -0.384. The van der Waals surface area contributed by atoms with Crippen molar-refractivity contribution in [3.63, 3.8) is 0 Å². The number of ether oxygens (including phenoxy) is 1. The molecule has 7 heteroatoms. The van der Waals surface area contributed by atoms with Gasteiger partial charge in [0.25, 0.3) is 5.69 Å². The van der Waals surface area contributed by atoms with E-state index in [0.29, 0.717) is 25.4 Å². The zero-order chi connectivity index (χ0) is 18.4. The Bertz CT molecular complexity index is 749. The molecule has 0 spiro atoms. The van der Waals surface area contributed by atoms with Crippen LogP contribution in [0.2, 0.25) is 0 Å². The molecule has 1 fully saturated rings. The van der Waals surface area contributed by atoms with Gasteiger partial charge in [-0.2, -0.15) is 0 Å². The fourth-order valence-electron chi connectivity index (χ4n) is 2.95. The summed E-state index contributed by atoms with van der Waals surface area (Å²) in [5, 5.41) is 10.7. The number of para-hydroxylation sites is 1. The first-order valence-electron chi connectivity index (χ1n) is 8.59. The summed E-state index contributed by atoms with van der Waals surface area (Å²) in [6, 6.07) is 15.7. The van der Waals surface area contributed by atoms with Crippen LogP contribution in [0, 0.1) is 10.1 Å². The minimum absolute atomic E-state index is 0.0967. The predicted molar refractivity (Wildman–Crippen MR) is 97.0 cm³/mol. The quantitative estimate of drug-likeness (QED) is 0.621. The lowest BCUT2D eigenvalue weighted by atomic mass is 10.2. The minimum atomic E-state index is -0.397. The highest BCUT2D eigenvalue weighted by Crippen LogP contribution is 2.16. The van der Waals surface area contributed by atoms with E-state index >= 15 is 0 Å². The summed E-state index contributed by atoms with van der Waals surface area (Å²) in [4.78, 5) is 26.6. The summed E-state index contributed by atoms with van der Waals surface area (Å²) >= 11 is 0. The van der Waals surface area contributed by atoms with Crippen LogP contribution in [0.4, 0.5) is 10.5 Å². The second-order valence-electron chi connectivity index (χ2n) is 6.22. The molecule has 26 heavy (non-hydrogen) atoms. The highest BCUT2D eigenvalue weighted by Gasteiger charge is 2.21. The van der Waals surface area contributed by atoms with Gasteiger partial charge in [-0.25, -0.2) is 4.79 Å². The maximum atomic E-state index is 12.3. The second-order valence-corrected chi connectivity index (χ2v) is 6.22. The zero-order valence-corrected chi connectivity index (χ0v) is 14.4. The second kappa shape index (κ2) is 8.44. The number of nitrogens with zero attached hydrogens (tertiary/aromatic N) is 3. The van der Waals surface area contributed by atoms with Gasteiger partial charge in [-0.3, -0.25) is 15.0 Å². The number of rotatable bonds is 4. The Morgan fingerprint density at radius 2 is 1.73 bits per heavy atom. The minimum Gasteiger partial charge on any atom is -0.410 e. The molecule has 1 saturated heterocycles. The summed E-state index contributed by atoms with van der Waals surface area (Å²) in [5.41, 5.74) is 1.12. The first-order chi connectivity index (χ1) is 12.6. The summed E-state index contributed by atoms with van der Waals surface area (Å²) in [6.07, 6.45) is 0.532. The molecule has 136 valence electrons. The third-order valence-corrected chi connectivity index (χ3v) is 4.35. The van der Waals surface area contributed by atoms with Gasteiger partial charge in [-0.15, -0.1) is 0 Å². The van der Waals surface area contributed by atoms with Crippen molar-refractivity contribution in [2.75, 3.05) is 26.2 Å². The number of hydrogen-bond acceptors (Lipinski definition) is 5. The average molecular weight is 355 g/mol.